The van der Waals surface area contributed by atoms with E-state index >= 15 is 0 Å². The first kappa shape index (κ1) is 14.7. The van der Waals surface area contributed by atoms with Crippen LogP contribution in [0, 0.1) is 0 Å². The Balaban J connectivity index is 2.31. The van der Waals surface area contributed by atoms with E-state index in [1.165, 1.54) is 5.56 Å². The minimum absolute atomic E-state index is 0.181. The standard InChI is InChI=1S/C12H19BrN2OS/c1-9(2)14-5-4-12(16)15(3)7-10-6-11(13)17-8-10/h6,8-9,14H,4-5,7H2,1-3H3. The van der Waals surface area contributed by atoms with Gasteiger partial charge in [-0.15, -0.1) is 11.3 Å². The molecule has 0 radical (unpaired) electrons. The van der Waals surface area contributed by atoms with Crippen LogP contribution in [0.2, 0.25) is 0 Å². The van der Waals surface area contributed by atoms with Gasteiger partial charge < -0.3 is 10.2 Å². The van der Waals surface area contributed by atoms with Gasteiger partial charge in [0, 0.05) is 32.6 Å². The second kappa shape index (κ2) is 7.13. The Kier molecular flexibility index (Phi) is 6.16. The van der Waals surface area contributed by atoms with Crippen molar-refractivity contribution in [2.45, 2.75) is 32.9 Å². The van der Waals surface area contributed by atoms with E-state index in [2.05, 4.69) is 46.5 Å². The molecule has 1 aromatic heterocycles. The zero-order valence-corrected chi connectivity index (χ0v) is 12.9. The maximum atomic E-state index is 11.8. The molecule has 0 unspecified atom stereocenters. The minimum atomic E-state index is 0.181. The van der Waals surface area contributed by atoms with Crippen molar-refractivity contribution in [2.24, 2.45) is 0 Å². The first-order chi connectivity index (χ1) is 7.99. The fraction of sp³-hybridized carbons (Fsp3) is 0.583. The molecule has 96 valence electrons. The molecule has 0 aliphatic carbocycles. The SMILES string of the molecule is CC(C)NCCC(=O)N(C)Cc1csc(Br)c1. The number of carbonyl (C=O) groups excluding carboxylic acids is 1. The zero-order valence-electron chi connectivity index (χ0n) is 10.5. The number of rotatable bonds is 6. The van der Waals surface area contributed by atoms with Crippen LogP contribution in [0.15, 0.2) is 15.2 Å². The normalized spacial score (nSPS) is 10.9. The first-order valence-electron chi connectivity index (χ1n) is 5.69. The highest BCUT2D eigenvalue weighted by molar-refractivity contribution is 9.11. The molecule has 1 N–H and O–H groups in total. The molecule has 17 heavy (non-hydrogen) atoms. The van der Waals surface area contributed by atoms with Crippen molar-refractivity contribution in [1.82, 2.24) is 10.2 Å². The fourth-order valence-electron chi connectivity index (χ4n) is 1.45. The maximum absolute atomic E-state index is 11.8. The van der Waals surface area contributed by atoms with Crippen LogP contribution < -0.4 is 5.32 Å². The molecule has 1 heterocycles. The summed E-state index contributed by atoms with van der Waals surface area (Å²) in [6.07, 6.45) is 0.556. The Morgan fingerprint density at radius 2 is 2.29 bits per heavy atom. The number of hydrogen-bond donors (Lipinski definition) is 1. The largest absolute Gasteiger partial charge is 0.341 e. The molecule has 5 heteroatoms. The summed E-state index contributed by atoms with van der Waals surface area (Å²) in [5.41, 5.74) is 1.18. The highest BCUT2D eigenvalue weighted by Gasteiger charge is 2.09. The Hall–Kier alpha value is -0.390. The number of halogens is 1. The van der Waals surface area contributed by atoms with Gasteiger partial charge in [0.25, 0.3) is 0 Å². The molecular weight excluding hydrogens is 300 g/mol. The Labute approximate surface area is 115 Å². The van der Waals surface area contributed by atoms with Gasteiger partial charge >= 0.3 is 0 Å². The average molecular weight is 319 g/mol. The summed E-state index contributed by atoms with van der Waals surface area (Å²) in [7, 11) is 1.85. The predicted octanol–water partition coefficient (Wildman–Crippen LogP) is 2.86. The lowest BCUT2D eigenvalue weighted by Crippen LogP contribution is -2.31. The topological polar surface area (TPSA) is 32.3 Å². The fourth-order valence-corrected chi connectivity index (χ4v) is 2.65. The molecule has 0 saturated heterocycles. The van der Waals surface area contributed by atoms with Crippen LogP contribution in [0.25, 0.3) is 0 Å². The minimum Gasteiger partial charge on any atom is -0.341 e. The van der Waals surface area contributed by atoms with Gasteiger partial charge in [-0.3, -0.25) is 4.79 Å². The highest BCUT2D eigenvalue weighted by Crippen LogP contribution is 2.21. The van der Waals surface area contributed by atoms with Crippen molar-refractivity contribution in [2.75, 3.05) is 13.6 Å². The zero-order chi connectivity index (χ0) is 12.8. The number of nitrogens with zero attached hydrogens (tertiary/aromatic N) is 1. The molecule has 0 saturated carbocycles. The van der Waals surface area contributed by atoms with Gasteiger partial charge in [0.1, 0.15) is 0 Å². The van der Waals surface area contributed by atoms with Crippen molar-refractivity contribution < 1.29 is 4.79 Å². The lowest BCUT2D eigenvalue weighted by molar-refractivity contribution is -0.130. The number of hydrogen-bond acceptors (Lipinski definition) is 3. The smallest absolute Gasteiger partial charge is 0.223 e. The average Bonchev–Trinajstić information content (AvgIpc) is 2.63. The van der Waals surface area contributed by atoms with Gasteiger partial charge in [0.15, 0.2) is 0 Å². The monoisotopic (exact) mass is 318 g/mol. The second-order valence-electron chi connectivity index (χ2n) is 4.37. The van der Waals surface area contributed by atoms with E-state index in [4.69, 9.17) is 0 Å². The van der Waals surface area contributed by atoms with Crippen molar-refractivity contribution in [3.05, 3.63) is 20.8 Å². The van der Waals surface area contributed by atoms with Crippen LogP contribution in [-0.4, -0.2) is 30.4 Å². The van der Waals surface area contributed by atoms with Crippen molar-refractivity contribution >= 4 is 33.2 Å². The number of nitrogens with one attached hydrogen (secondary N) is 1. The quantitative estimate of drug-likeness (QED) is 0.874. The molecular formula is C12H19BrN2OS. The number of amides is 1. The lowest BCUT2D eigenvalue weighted by Gasteiger charge is -2.17. The van der Waals surface area contributed by atoms with Crippen LogP contribution in [0.3, 0.4) is 0 Å². The summed E-state index contributed by atoms with van der Waals surface area (Å²) in [6.45, 7) is 5.59. The van der Waals surface area contributed by atoms with Crippen molar-refractivity contribution in [3.8, 4) is 0 Å². The van der Waals surface area contributed by atoms with E-state index < -0.39 is 0 Å². The van der Waals surface area contributed by atoms with E-state index in [-0.39, 0.29) is 5.91 Å². The molecule has 1 rings (SSSR count). The molecule has 0 fully saturated rings. The van der Waals surface area contributed by atoms with Gasteiger partial charge in [-0.25, -0.2) is 0 Å². The van der Waals surface area contributed by atoms with Gasteiger partial charge in [-0.1, -0.05) is 13.8 Å². The van der Waals surface area contributed by atoms with E-state index in [0.29, 0.717) is 19.0 Å². The van der Waals surface area contributed by atoms with Gasteiger partial charge in [-0.05, 0) is 32.9 Å². The molecule has 0 atom stereocenters. The maximum Gasteiger partial charge on any atom is 0.223 e. The Bertz CT molecular complexity index is 365. The summed E-state index contributed by atoms with van der Waals surface area (Å²) in [4.78, 5) is 13.6. The predicted molar refractivity (Wildman–Crippen MR) is 76.2 cm³/mol. The van der Waals surface area contributed by atoms with Crippen LogP contribution in [-0.2, 0) is 11.3 Å². The van der Waals surface area contributed by atoms with Crippen molar-refractivity contribution in [1.29, 1.82) is 0 Å². The summed E-state index contributed by atoms with van der Waals surface area (Å²) in [5, 5.41) is 5.32. The summed E-state index contributed by atoms with van der Waals surface area (Å²) in [6, 6.07) is 2.49. The van der Waals surface area contributed by atoms with Gasteiger partial charge in [0.2, 0.25) is 5.91 Å². The number of carbonyl (C=O) groups is 1. The number of thiophene rings is 1. The first-order valence-corrected chi connectivity index (χ1v) is 7.36. The molecule has 0 aliphatic rings. The Morgan fingerprint density at radius 1 is 1.59 bits per heavy atom. The van der Waals surface area contributed by atoms with Crippen molar-refractivity contribution in [3.63, 3.8) is 0 Å². The van der Waals surface area contributed by atoms with Crippen LogP contribution in [0.1, 0.15) is 25.8 Å². The molecule has 1 amide bonds. The molecule has 0 spiro atoms. The summed E-state index contributed by atoms with van der Waals surface area (Å²) < 4.78 is 1.11. The summed E-state index contributed by atoms with van der Waals surface area (Å²) in [5.74, 6) is 0.181. The molecule has 3 nitrogen and oxygen atoms in total. The highest BCUT2D eigenvalue weighted by atomic mass is 79.9. The van der Waals surface area contributed by atoms with E-state index in [9.17, 15) is 4.79 Å². The Morgan fingerprint density at radius 3 is 2.82 bits per heavy atom. The lowest BCUT2D eigenvalue weighted by atomic mass is 10.3. The second-order valence-corrected chi connectivity index (χ2v) is 6.66. The molecule has 1 aromatic rings. The van der Waals surface area contributed by atoms with Crippen LogP contribution in [0.5, 0.6) is 0 Å². The summed E-state index contributed by atoms with van der Waals surface area (Å²) >= 11 is 5.07. The van der Waals surface area contributed by atoms with Gasteiger partial charge in [0.05, 0.1) is 3.79 Å². The van der Waals surface area contributed by atoms with Crippen LogP contribution >= 0.6 is 27.3 Å². The third kappa shape index (κ3) is 5.66. The molecule has 0 aliphatic heterocycles. The van der Waals surface area contributed by atoms with E-state index in [1.54, 1.807) is 16.2 Å². The van der Waals surface area contributed by atoms with E-state index in [0.717, 1.165) is 10.3 Å². The van der Waals surface area contributed by atoms with Crippen LogP contribution in [0.4, 0.5) is 0 Å². The molecule has 0 aromatic carbocycles. The van der Waals surface area contributed by atoms with Gasteiger partial charge in [-0.2, -0.15) is 0 Å². The third-order valence-electron chi connectivity index (χ3n) is 2.36. The molecule has 0 bridgehead atoms. The van der Waals surface area contributed by atoms with E-state index in [1.807, 2.05) is 7.05 Å². The third-order valence-corrected chi connectivity index (χ3v) is 3.91.